The Labute approximate surface area is 123 Å². The molecule has 3 N–H and O–H groups in total. The summed E-state index contributed by atoms with van der Waals surface area (Å²) in [6, 6.07) is 5.22. The molecule has 0 atom stereocenters. The van der Waals surface area contributed by atoms with Crippen molar-refractivity contribution in [3.63, 3.8) is 0 Å². The van der Waals surface area contributed by atoms with Crippen molar-refractivity contribution in [1.82, 2.24) is 4.98 Å². The Bertz CT molecular complexity index is 612. The molecule has 0 spiro atoms. The van der Waals surface area contributed by atoms with Gasteiger partial charge in [0.1, 0.15) is 0 Å². The van der Waals surface area contributed by atoms with Crippen LogP contribution in [0, 0.1) is 0 Å². The Morgan fingerprint density at radius 2 is 2.21 bits per heavy atom. The van der Waals surface area contributed by atoms with Crippen molar-refractivity contribution < 1.29 is 4.79 Å². The minimum absolute atomic E-state index is 0.223. The number of thiazole rings is 1. The second-order valence-electron chi connectivity index (χ2n) is 4.09. The Balaban J connectivity index is 2.18. The van der Waals surface area contributed by atoms with Gasteiger partial charge in [0.15, 0.2) is 5.13 Å². The van der Waals surface area contributed by atoms with Gasteiger partial charge in [-0.05, 0) is 34.1 Å². The average molecular weight is 341 g/mol. The van der Waals surface area contributed by atoms with Crippen LogP contribution >= 0.6 is 27.3 Å². The third-order valence-electron chi connectivity index (χ3n) is 2.47. The molecular formula is C12H13BrN4OS. The van der Waals surface area contributed by atoms with E-state index < -0.39 is 0 Å². The van der Waals surface area contributed by atoms with Crippen molar-refractivity contribution in [2.45, 2.75) is 0 Å². The third-order valence-corrected chi connectivity index (χ3v) is 3.86. The van der Waals surface area contributed by atoms with Gasteiger partial charge >= 0.3 is 0 Å². The van der Waals surface area contributed by atoms with E-state index in [2.05, 4.69) is 26.2 Å². The zero-order valence-electron chi connectivity index (χ0n) is 10.5. The Kier molecular flexibility index (Phi) is 4.06. The van der Waals surface area contributed by atoms with Crippen LogP contribution in [0.2, 0.25) is 0 Å². The van der Waals surface area contributed by atoms with Crippen molar-refractivity contribution in [3.05, 3.63) is 33.7 Å². The fourth-order valence-electron chi connectivity index (χ4n) is 1.58. The minimum Gasteiger partial charge on any atom is -0.397 e. The summed E-state index contributed by atoms with van der Waals surface area (Å²) >= 11 is 4.65. The molecule has 0 aliphatic carbocycles. The van der Waals surface area contributed by atoms with Gasteiger partial charge in [-0.3, -0.25) is 10.1 Å². The summed E-state index contributed by atoms with van der Waals surface area (Å²) in [7, 11) is 3.80. The van der Waals surface area contributed by atoms with Crippen LogP contribution in [0.3, 0.4) is 0 Å². The van der Waals surface area contributed by atoms with Crippen LogP contribution in [0.5, 0.6) is 0 Å². The molecule has 0 saturated carbocycles. The van der Waals surface area contributed by atoms with E-state index in [9.17, 15) is 4.79 Å². The van der Waals surface area contributed by atoms with Crippen molar-refractivity contribution in [2.75, 3.05) is 30.0 Å². The number of nitrogens with zero attached hydrogens (tertiary/aromatic N) is 2. The van der Waals surface area contributed by atoms with Crippen LogP contribution in [0.1, 0.15) is 10.4 Å². The molecule has 0 aliphatic heterocycles. The molecule has 0 saturated heterocycles. The van der Waals surface area contributed by atoms with E-state index in [0.717, 1.165) is 9.47 Å². The topological polar surface area (TPSA) is 71.2 Å². The third kappa shape index (κ3) is 3.24. The first kappa shape index (κ1) is 13.8. The Hall–Kier alpha value is -1.60. The van der Waals surface area contributed by atoms with Gasteiger partial charge in [-0.1, -0.05) is 11.3 Å². The summed E-state index contributed by atoms with van der Waals surface area (Å²) < 4.78 is 0.866. The Morgan fingerprint density at radius 3 is 2.74 bits per heavy atom. The normalized spacial score (nSPS) is 10.3. The molecule has 0 radical (unpaired) electrons. The van der Waals surface area contributed by atoms with E-state index in [1.165, 1.54) is 11.3 Å². The highest BCUT2D eigenvalue weighted by molar-refractivity contribution is 9.11. The predicted molar refractivity (Wildman–Crippen MR) is 82.9 cm³/mol. The van der Waals surface area contributed by atoms with Crippen molar-refractivity contribution in [1.29, 1.82) is 0 Å². The lowest BCUT2D eigenvalue weighted by atomic mass is 10.1. The van der Waals surface area contributed by atoms with Gasteiger partial charge in [0.2, 0.25) is 0 Å². The SMILES string of the molecule is CN(C)c1ccc(C(=O)Nc2ncc(Br)s2)cc1N. The lowest BCUT2D eigenvalue weighted by Gasteiger charge is -2.15. The number of halogens is 1. The van der Waals surface area contributed by atoms with E-state index >= 15 is 0 Å². The summed E-state index contributed by atoms with van der Waals surface area (Å²) in [5.41, 5.74) is 7.87. The number of benzene rings is 1. The van der Waals surface area contributed by atoms with E-state index in [4.69, 9.17) is 5.73 Å². The molecule has 100 valence electrons. The number of nitrogens with two attached hydrogens (primary N) is 1. The molecule has 2 rings (SSSR count). The highest BCUT2D eigenvalue weighted by Crippen LogP contribution is 2.25. The van der Waals surface area contributed by atoms with Crippen LogP contribution in [-0.4, -0.2) is 25.0 Å². The first-order valence-corrected chi connectivity index (χ1v) is 7.08. The number of nitrogen functional groups attached to an aromatic ring is 1. The lowest BCUT2D eigenvalue weighted by molar-refractivity contribution is 0.102. The number of hydrogen-bond donors (Lipinski definition) is 2. The van der Waals surface area contributed by atoms with Gasteiger partial charge in [0, 0.05) is 19.7 Å². The highest BCUT2D eigenvalue weighted by atomic mass is 79.9. The number of nitrogens with one attached hydrogen (secondary N) is 1. The van der Waals surface area contributed by atoms with Crippen LogP contribution in [-0.2, 0) is 0 Å². The van der Waals surface area contributed by atoms with E-state index in [1.54, 1.807) is 18.3 Å². The lowest BCUT2D eigenvalue weighted by Crippen LogP contribution is -2.14. The van der Waals surface area contributed by atoms with Crippen LogP contribution in [0.4, 0.5) is 16.5 Å². The number of anilines is 3. The molecule has 1 heterocycles. The van der Waals surface area contributed by atoms with E-state index in [0.29, 0.717) is 16.4 Å². The van der Waals surface area contributed by atoms with E-state index in [-0.39, 0.29) is 5.91 Å². The van der Waals surface area contributed by atoms with Crippen LogP contribution in [0.25, 0.3) is 0 Å². The zero-order chi connectivity index (χ0) is 14.0. The number of carbonyl (C=O) groups is 1. The van der Waals surface area contributed by atoms with Crippen LogP contribution in [0.15, 0.2) is 28.2 Å². The molecule has 0 fully saturated rings. The van der Waals surface area contributed by atoms with Crippen molar-refractivity contribution in [2.24, 2.45) is 0 Å². The van der Waals surface area contributed by atoms with Crippen LogP contribution < -0.4 is 16.0 Å². The first-order valence-electron chi connectivity index (χ1n) is 5.47. The molecule has 0 bridgehead atoms. The molecule has 0 aliphatic rings. The van der Waals surface area contributed by atoms with Gasteiger partial charge in [0.25, 0.3) is 5.91 Å². The van der Waals surface area contributed by atoms with Gasteiger partial charge in [-0.15, -0.1) is 0 Å². The van der Waals surface area contributed by atoms with Gasteiger partial charge in [-0.25, -0.2) is 4.98 Å². The molecule has 0 unspecified atom stereocenters. The Morgan fingerprint density at radius 1 is 1.47 bits per heavy atom. The standard InChI is InChI=1S/C12H13BrN4OS/c1-17(2)9-4-3-7(5-8(9)14)11(18)16-12-15-6-10(13)19-12/h3-6H,14H2,1-2H3,(H,15,16,18). The summed E-state index contributed by atoms with van der Waals surface area (Å²) in [5, 5.41) is 3.27. The second-order valence-corrected chi connectivity index (χ2v) is 6.50. The maximum Gasteiger partial charge on any atom is 0.257 e. The van der Waals surface area contributed by atoms with Gasteiger partial charge in [-0.2, -0.15) is 0 Å². The molecule has 19 heavy (non-hydrogen) atoms. The monoisotopic (exact) mass is 340 g/mol. The minimum atomic E-state index is -0.223. The van der Waals surface area contributed by atoms with E-state index in [1.807, 2.05) is 25.1 Å². The van der Waals surface area contributed by atoms with Gasteiger partial charge in [0.05, 0.1) is 21.4 Å². The summed E-state index contributed by atoms with van der Waals surface area (Å²) in [4.78, 5) is 18.0. The molecular weight excluding hydrogens is 328 g/mol. The highest BCUT2D eigenvalue weighted by Gasteiger charge is 2.11. The van der Waals surface area contributed by atoms with Crippen molar-refractivity contribution in [3.8, 4) is 0 Å². The largest absolute Gasteiger partial charge is 0.397 e. The maximum atomic E-state index is 12.0. The fourth-order valence-corrected chi connectivity index (χ4v) is 2.69. The predicted octanol–water partition coefficient (Wildman–Crippen LogP) is 2.81. The number of aromatic nitrogens is 1. The number of hydrogen-bond acceptors (Lipinski definition) is 5. The molecule has 5 nitrogen and oxygen atoms in total. The second kappa shape index (κ2) is 5.58. The molecule has 1 amide bonds. The molecule has 7 heteroatoms. The smallest absolute Gasteiger partial charge is 0.257 e. The first-order chi connectivity index (χ1) is 8.97. The van der Waals surface area contributed by atoms with Crippen molar-refractivity contribution >= 4 is 49.7 Å². The summed E-state index contributed by atoms with van der Waals surface area (Å²) in [6.07, 6.45) is 1.64. The maximum absolute atomic E-state index is 12.0. The number of rotatable bonds is 3. The molecule has 1 aromatic heterocycles. The van der Waals surface area contributed by atoms with Gasteiger partial charge < -0.3 is 10.6 Å². The number of carbonyl (C=O) groups excluding carboxylic acids is 1. The zero-order valence-corrected chi connectivity index (χ0v) is 12.9. The summed E-state index contributed by atoms with van der Waals surface area (Å²) in [6.45, 7) is 0. The quantitative estimate of drug-likeness (QED) is 0.842. The number of amides is 1. The molecule has 2 aromatic rings. The molecule has 1 aromatic carbocycles. The summed E-state index contributed by atoms with van der Waals surface area (Å²) in [5.74, 6) is -0.223. The average Bonchev–Trinajstić information content (AvgIpc) is 2.74. The fraction of sp³-hybridized carbons (Fsp3) is 0.167.